The van der Waals surface area contributed by atoms with E-state index in [1.54, 1.807) is 6.07 Å². The Morgan fingerprint density at radius 3 is 2.83 bits per heavy atom. The highest BCUT2D eigenvalue weighted by atomic mass is 35.5. The summed E-state index contributed by atoms with van der Waals surface area (Å²) in [5, 5.41) is 15.7. The molecule has 0 aromatic heterocycles. The fourth-order valence-electron chi connectivity index (χ4n) is 2.07. The summed E-state index contributed by atoms with van der Waals surface area (Å²) in [4.78, 5) is 11.9. The molecule has 1 aromatic rings. The minimum absolute atomic E-state index is 0.00780. The number of benzene rings is 1. The first-order valence-corrected chi connectivity index (χ1v) is 6.52. The van der Waals surface area contributed by atoms with Crippen LogP contribution in [0.5, 0.6) is 5.75 Å². The number of rotatable bonds is 3. The number of hydrogen-bond acceptors (Lipinski definition) is 3. The molecule has 0 unspecified atom stereocenters. The summed E-state index contributed by atoms with van der Waals surface area (Å²) in [7, 11) is 0. The molecule has 1 aliphatic rings. The Labute approximate surface area is 111 Å². The van der Waals surface area contributed by atoms with Crippen LogP contribution in [0, 0.1) is 5.92 Å². The zero-order valence-corrected chi connectivity index (χ0v) is 10.8. The van der Waals surface area contributed by atoms with Crippen molar-refractivity contribution in [2.24, 2.45) is 5.92 Å². The van der Waals surface area contributed by atoms with Crippen LogP contribution in [0.15, 0.2) is 18.2 Å². The molecule has 4 nitrogen and oxygen atoms in total. The Morgan fingerprint density at radius 1 is 1.44 bits per heavy atom. The van der Waals surface area contributed by atoms with Crippen LogP contribution < -0.4 is 10.6 Å². The van der Waals surface area contributed by atoms with Crippen LogP contribution in [-0.2, 0) is 0 Å². The highest BCUT2D eigenvalue weighted by Gasteiger charge is 2.15. The van der Waals surface area contributed by atoms with Gasteiger partial charge in [-0.25, -0.2) is 0 Å². The summed E-state index contributed by atoms with van der Waals surface area (Å²) in [6.45, 7) is 2.73. The van der Waals surface area contributed by atoms with Gasteiger partial charge in [0, 0.05) is 12.1 Å². The lowest BCUT2D eigenvalue weighted by Gasteiger charge is -2.22. The van der Waals surface area contributed by atoms with Gasteiger partial charge < -0.3 is 15.7 Å². The van der Waals surface area contributed by atoms with Crippen molar-refractivity contribution in [3.05, 3.63) is 28.8 Å². The van der Waals surface area contributed by atoms with Crippen LogP contribution in [0.3, 0.4) is 0 Å². The molecule has 2 rings (SSSR count). The summed E-state index contributed by atoms with van der Waals surface area (Å²) in [5.74, 6) is 0.393. The van der Waals surface area contributed by atoms with Crippen LogP contribution in [0.2, 0.25) is 5.02 Å². The van der Waals surface area contributed by atoms with Crippen LogP contribution in [-0.4, -0.2) is 30.6 Å². The number of amides is 1. The Hall–Kier alpha value is -1.26. The minimum Gasteiger partial charge on any atom is -0.506 e. The molecule has 1 amide bonds. The standard InChI is InChI=1S/C13H17ClN2O2/c14-11-7-10(1-2-12(11)17)13(18)16-8-9-3-5-15-6-4-9/h1-2,7,9,15,17H,3-6,8H2,(H,16,18). The van der Waals surface area contributed by atoms with Gasteiger partial charge in [0.1, 0.15) is 5.75 Å². The molecule has 3 N–H and O–H groups in total. The third-order valence-electron chi connectivity index (χ3n) is 3.22. The summed E-state index contributed by atoms with van der Waals surface area (Å²) in [6, 6.07) is 4.48. The number of hydrogen-bond donors (Lipinski definition) is 3. The van der Waals surface area contributed by atoms with Crippen molar-refractivity contribution in [1.29, 1.82) is 0 Å². The molecular formula is C13H17ClN2O2. The lowest BCUT2D eigenvalue weighted by Crippen LogP contribution is -2.35. The SMILES string of the molecule is O=C(NCC1CCNCC1)c1ccc(O)c(Cl)c1. The third-order valence-corrected chi connectivity index (χ3v) is 3.52. The number of nitrogens with one attached hydrogen (secondary N) is 2. The van der Waals surface area contributed by atoms with Crippen molar-refractivity contribution in [1.82, 2.24) is 10.6 Å². The predicted molar refractivity (Wildman–Crippen MR) is 71.0 cm³/mol. The molecular weight excluding hydrogens is 252 g/mol. The van der Waals surface area contributed by atoms with E-state index in [1.807, 2.05) is 0 Å². The van der Waals surface area contributed by atoms with Crippen LogP contribution in [0.25, 0.3) is 0 Å². The molecule has 5 heteroatoms. The quantitative estimate of drug-likeness (QED) is 0.783. The van der Waals surface area contributed by atoms with Crippen LogP contribution in [0.4, 0.5) is 0 Å². The monoisotopic (exact) mass is 268 g/mol. The Bertz CT molecular complexity index is 431. The fraction of sp³-hybridized carbons (Fsp3) is 0.462. The molecule has 0 radical (unpaired) electrons. The minimum atomic E-state index is -0.143. The van der Waals surface area contributed by atoms with Gasteiger partial charge in [-0.1, -0.05) is 11.6 Å². The van der Waals surface area contributed by atoms with E-state index in [2.05, 4.69) is 10.6 Å². The number of phenolic OH excluding ortho intramolecular Hbond substituents is 1. The molecule has 0 saturated carbocycles. The summed E-state index contributed by atoms with van der Waals surface area (Å²) >= 11 is 5.77. The van der Waals surface area contributed by atoms with Crippen LogP contribution in [0.1, 0.15) is 23.2 Å². The van der Waals surface area contributed by atoms with Crippen molar-refractivity contribution < 1.29 is 9.90 Å². The van der Waals surface area contributed by atoms with Gasteiger partial charge in [-0.05, 0) is 50.0 Å². The molecule has 0 bridgehead atoms. The maximum atomic E-state index is 11.9. The first kappa shape index (κ1) is 13.2. The van der Waals surface area contributed by atoms with E-state index in [9.17, 15) is 9.90 Å². The van der Waals surface area contributed by atoms with E-state index < -0.39 is 0 Å². The Morgan fingerprint density at radius 2 is 2.17 bits per heavy atom. The zero-order valence-electron chi connectivity index (χ0n) is 10.1. The first-order valence-electron chi connectivity index (χ1n) is 6.14. The molecule has 1 fully saturated rings. The average Bonchev–Trinajstić information content (AvgIpc) is 2.40. The van der Waals surface area contributed by atoms with E-state index in [4.69, 9.17) is 11.6 Å². The maximum absolute atomic E-state index is 11.9. The van der Waals surface area contributed by atoms with Gasteiger partial charge in [0.25, 0.3) is 5.91 Å². The third kappa shape index (κ3) is 3.37. The average molecular weight is 269 g/mol. The number of carbonyl (C=O) groups is 1. The topological polar surface area (TPSA) is 61.4 Å². The van der Waals surface area contributed by atoms with Crippen molar-refractivity contribution in [3.8, 4) is 5.75 Å². The number of halogens is 1. The largest absolute Gasteiger partial charge is 0.506 e. The first-order chi connectivity index (χ1) is 8.66. The van der Waals surface area contributed by atoms with Gasteiger partial charge in [-0.15, -0.1) is 0 Å². The maximum Gasteiger partial charge on any atom is 0.251 e. The van der Waals surface area contributed by atoms with Crippen molar-refractivity contribution in [2.75, 3.05) is 19.6 Å². The van der Waals surface area contributed by atoms with E-state index in [-0.39, 0.29) is 16.7 Å². The molecule has 1 saturated heterocycles. The lowest BCUT2D eigenvalue weighted by molar-refractivity contribution is 0.0944. The van der Waals surface area contributed by atoms with Gasteiger partial charge in [-0.3, -0.25) is 4.79 Å². The molecule has 1 heterocycles. The molecule has 1 aliphatic heterocycles. The van der Waals surface area contributed by atoms with E-state index in [1.165, 1.54) is 12.1 Å². The molecule has 0 atom stereocenters. The zero-order chi connectivity index (χ0) is 13.0. The van der Waals surface area contributed by atoms with Crippen LogP contribution >= 0.6 is 11.6 Å². The predicted octanol–water partition coefficient (Wildman–Crippen LogP) is 1.77. The lowest BCUT2D eigenvalue weighted by atomic mass is 9.98. The summed E-state index contributed by atoms with van der Waals surface area (Å²) < 4.78 is 0. The van der Waals surface area contributed by atoms with Gasteiger partial charge >= 0.3 is 0 Å². The Balaban J connectivity index is 1.88. The second-order valence-electron chi connectivity index (χ2n) is 4.57. The highest BCUT2D eigenvalue weighted by molar-refractivity contribution is 6.32. The Kier molecular flexibility index (Phi) is 4.44. The fourth-order valence-corrected chi connectivity index (χ4v) is 2.25. The number of phenols is 1. The second-order valence-corrected chi connectivity index (χ2v) is 4.98. The summed E-state index contributed by atoms with van der Waals surface area (Å²) in [6.07, 6.45) is 2.19. The van der Waals surface area contributed by atoms with Gasteiger partial charge in [0.15, 0.2) is 0 Å². The molecule has 0 aliphatic carbocycles. The van der Waals surface area contributed by atoms with E-state index in [0.29, 0.717) is 18.0 Å². The molecule has 18 heavy (non-hydrogen) atoms. The second kappa shape index (κ2) is 6.07. The molecule has 98 valence electrons. The number of aromatic hydroxyl groups is 1. The van der Waals surface area contributed by atoms with Crippen molar-refractivity contribution in [2.45, 2.75) is 12.8 Å². The van der Waals surface area contributed by atoms with Crippen molar-refractivity contribution in [3.63, 3.8) is 0 Å². The molecule has 0 spiro atoms. The van der Waals surface area contributed by atoms with E-state index >= 15 is 0 Å². The van der Waals surface area contributed by atoms with Gasteiger partial charge in [-0.2, -0.15) is 0 Å². The molecule has 1 aromatic carbocycles. The smallest absolute Gasteiger partial charge is 0.251 e. The normalized spacial score (nSPS) is 16.5. The van der Waals surface area contributed by atoms with E-state index in [0.717, 1.165) is 25.9 Å². The van der Waals surface area contributed by atoms with Crippen molar-refractivity contribution >= 4 is 17.5 Å². The highest BCUT2D eigenvalue weighted by Crippen LogP contribution is 2.23. The van der Waals surface area contributed by atoms with Gasteiger partial charge in [0.05, 0.1) is 5.02 Å². The van der Waals surface area contributed by atoms with Gasteiger partial charge in [0.2, 0.25) is 0 Å². The summed E-state index contributed by atoms with van der Waals surface area (Å²) in [5.41, 5.74) is 0.478. The number of carbonyl (C=O) groups excluding carboxylic acids is 1. The number of piperidine rings is 1.